The molecule has 1 rings (SSSR count). The van der Waals surface area contributed by atoms with Crippen molar-refractivity contribution in [3.63, 3.8) is 0 Å². The number of aromatic hydroxyl groups is 1. The van der Waals surface area contributed by atoms with E-state index in [1.54, 1.807) is 12.1 Å². The summed E-state index contributed by atoms with van der Waals surface area (Å²) in [6.07, 6.45) is 1.71. The van der Waals surface area contributed by atoms with Crippen molar-refractivity contribution in [1.29, 1.82) is 0 Å². The fraction of sp³-hybridized carbons (Fsp3) is 0.462. The van der Waals surface area contributed by atoms with Gasteiger partial charge in [-0.25, -0.2) is 4.79 Å². The number of phenolic OH excluding ortho intramolecular Hbond substituents is 1. The van der Waals surface area contributed by atoms with E-state index in [2.05, 4.69) is 0 Å². The molecule has 0 saturated carbocycles. The molecule has 0 fully saturated rings. The average molecular weight is 238 g/mol. The quantitative estimate of drug-likeness (QED) is 0.827. The first-order valence-corrected chi connectivity index (χ1v) is 5.61. The highest BCUT2D eigenvalue weighted by Crippen LogP contribution is 2.28. The van der Waals surface area contributed by atoms with Crippen LogP contribution in [0, 0.1) is 0 Å². The Hall–Kier alpha value is -1.71. The fourth-order valence-corrected chi connectivity index (χ4v) is 1.43. The van der Waals surface area contributed by atoms with Gasteiger partial charge in [0.05, 0.1) is 0 Å². The lowest BCUT2D eigenvalue weighted by molar-refractivity contribution is -0.152. The minimum absolute atomic E-state index is 0.0704. The van der Waals surface area contributed by atoms with E-state index in [0.717, 1.165) is 18.4 Å². The van der Waals surface area contributed by atoms with E-state index in [9.17, 15) is 9.90 Å². The maximum Gasteiger partial charge on any atom is 0.347 e. The number of carboxylic acids is 1. The first-order chi connectivity index (χ1) is 7.86. The van der Waals surface area contributed by atoms with E-state index >= 15 is 0 Å². The van der Waals surface area contributed by atoms with Crippen LogP contribution < -0.4 is 4.74 Å². The zero-order valence-electron chi connectivity index (χ0n) is 10.4. The van der Waals surface area contributed by atoms with Gasteiger partial charge in [-0.2, -0.15) is 0 Å². The molecule has 0 atom stereocenters. The van der Waals surface area contributed by atoms with Crippen LogP contribution in [0.2, 0.25) is 0 Å². The summed E-state index contributed by atoms with van der Waals surface area (Å²) in [5.41, 5.74) is -0.407. The molecular formula is C13H18O4. The molecule has 4 nitrogen and oxygen atoms in total. The van der Waals surface area contributed by atoms with Gasteiger partial charge < -0.3 is 14.9 Å². The second kappa shape index (κ2) is 5.08. The van der Waals surface area contributed by atoms with Gasteiger partial charge in [-0.05, 0) is 31.9 Å². The number of carboxylic acid groups (broad SMARTS) is 1. The van der Waals surface area contributed by atoms with E-state index in [1.807, 2.05) is 6.92 Å². The number of phenols is 1. The van der Waals surface area contributed by atoms with E-state index in [1.165, 1.54) is 19.9 Å². The van der Waals surface area contributed by atoms with Gasteiger partial charge >= 0.3 is 5.97 Å². The third-order valence-corrected chi connectivity index (χ3v) is 2.45. The molecule has 0 aliphatic rings. The molecule has 0 unspecified atom stereocenters. The zero-order valence-corrected chi connectivity index (χ0v) is 10.4. The highest BCUT2D eigenvalue weighted by molar-refractivity contribution is 5.76. The van der Waals surface area contributed by atoms with Crippen LogP contribution in [0.25, 0.3) is 0 Å². The minimum atomic E-state index is -1.31. The number of carbonyl (C=O) groups is 1. The summed E-state index contributed by atoms with van der Waals surface area (Å²) in [7, 11) is 0. The number of hydrogen-bond donors (Lipinski definition) is 2. The highest BCUT2D eigenvalue weighted by Gasteiger charge is 2.30. The van der Waals surface area contributed by atoms with Crippen molar-refractivity contribution in [3.8, 4) is 11.5 Å². The van der Waals surface area contributed by atoms with Crippen LogP contribution in [-0.2, 0) is 11.2 Å². The van der Waals surface area contributed by atoms with Crippen molar-refractivity contribution < 1.29 is 19.7 Å². The van der Waals surface area contributed by atoms with E-state index < -0.39 is 11.6 Å². The molecule has 2 N–H and O–H groups in total. The Labute approximate surface area is 101 Å². The van der Waals surface area contributed by atoms with Crippen LogP contribution >= 0.6 is 0 Å². The molecule has 1 aromatic carbocycles. The van der Waals surface area contributed by atoms with Gasteiger partial charge in [0.2, 0.25) is 0 Å². The third-order valence-electron chi connectivity index (χ3n) is 2.45. The summed E-state index contributed by atoms with van der Waals surface area (Å²) in [6.45, 7) is 4.99. The third kappa shape index (κ3) is 3.37. The summed E-state index contributed by atoms with van der Waals surface area (Å²) in [4.78, 5) is 11.0. The van der Waals surface area contributed by atoms with Crippen molar-refractivity contribution in [2.75, 3.05) is 0 Å². The maximum atomic E-state index is 11.0. The Balaban J connectivity index is 3.03. The first kappa shape index (κ1) is 13.4. The molecule has 0 aliphatic carbocycles. The summed E-state index contributed by atoms with van der Waals surface area (Å²) < 4.78 is 5.47. The van der Waals surface area contributed by atoms with Gasteiger partial charge in [0.15, 0.2) is 5.60 Å². The molecule has 0 spiro atoms. The lowest BCUT2D eigenvalue weighted by atomic mass is 10.1. The van der Waals surface area contributed by atoms with E-state index in [0.29, 0.717) is 5.75 Å². The van der Waals surface area contributed by atoms with Crippen molar-refractivity contribution in [1.82, 2.24) is 0 Å². The smallest absolute Gasteiger partial charge is 0.347 e. The highest BCUT2D eigenvalue weighted by atomic mass is 16.5. The Morgan fingerprint density at radius 2 is 2.06 bits per heavy atom. The summed E-state index contributed by atoms with van der Waals surface area (Å²) in [5, 5.41) is 18.4. The molecule has 0 aliphatic heterocycles. The van der Waals surface area contributed by atoms with Crippen LogP contribution in [0.5, 0.6) is 11.5 Å². The SMILES string of the molecule is CCCc1ccc(O)cc1OC(C)(C)C(=O)O. The summed E-state index contributed by atoms with van der Waals surface area (Å²) in [6, 6.07) is 4.79. The number of benzene rings is 1. The summed E-state index contributed by atoms with van der Waals surface area (Å²) in [5.74, 6) is -0.538. The standard InChI is InChI=1S/C13H18O4/c1-4-5-9-6-7-10(14)8-11(9)17-13(2,3)12(15)16/h6-8,14H,4-5H2,1-3H3,(H,15,16). The van der Waals surface area contributed by atoms with Gasteiger partial charge in [0.25, 0.3) is 0 Å². The Kier molecular flexibility index (Phi) is 3.99. The molecule has 0 radical (unpaired) electrons. The van der Waals surface area contributed by atoms with Gasteiger partial charge in [0, 0.05) is 6.07 Å². The van der Waals surface area contributed by atoms with Gasteiger partial charge in [-0.3, -0.25) is 0 Å². The van der Waals surface area contributed by atoms with Crippen molar-refractivity contribution in [3.05, 3.63) is 23.8 Å². The number of rotatable bonds is 5. The predicted molar refractivity (Wildman–Crippen MR) is 64.4 cm³/mol. The maximum absolute atomic E-state index is 11.0. The second-order valence-corrected chi connectivity index (χ2v) is 4.46. The first-order valence-electron chi connectivity index (χ1n) is 5.61. The van der Waals surface area contributed by atoms with E-state index in [4.69, 9.17) is 9.84 Å². The molecule has 0 aromatic heterocycles. The number of aryl methyl sites for hydroxylation is 1. The normalized spacial score (nSPS) is 11.2. The number of aliphatic carboxylic acids is 1. The molecule has 0 bridgehead atoms. The average Bonchev–Trinajstić information content (AvgIpc) is 2.21. The molecule has 94 valence electrons. The van der Waals surface area contributed by atoms with Gasteiger partial charge in [0.1, 0.15) is 11.5 Å². The van der Waals surface area contributed by atoms with E-state index in [-0.39, 0.29) is 5.75 Å². The van der Waals surface area contributed by atoms with Crippen LogP contribution in [0.3, 0.4) is 0 Å². The molecular weight excluding hydrogens is 220 g/mol. The Morgan fingerprint density at radius 1 is 1.41 bits per heavy atom. The minimum Gasteiger partial charge on any atom is -0.508 e. The molecule has 4 heteroatoms. The Bertz CT molecular complexity index is 410. The van der Waals surface area contributed by atoms with Crippen LogP contribution in [0.1, 0.15) is 32.8 Å². The monoisotopic (exact) mass is 238 g/mol. The molecule has 0 heterocycles. The van der Waals surface area contributed by atoms with Crippen LogP contribution in [0.15, 0.2) is 18.2 Å². The zero-order chi connectivity index (χ0) is 13.1. The fourth-order valence-electron chi connectivity index (χ4n) is 1.43. The lowest BCUT2D eigenvalue weighted by Crippen LogP contribution is -2.38. The number of hydrogen-bond acceptors (Lipinski definition) is 3. The molecule has 1 aromatic rings. The Morgan fingerprint density at radius 3 is 2.59 bits per heavy atom. The molecule has 0 saturated heterocycles. The van der Waals surface area contributed by atoms with Crippen LogP contribution in [-0.4, -0.2) is 21.8 Å². The van der Waals surface area contributed by atoms with Crippen molar-refractivity contribution in [2.24, 2.45) is 0 Å². The molecule has 17 heavy (non-hydrogen) atoms. The topological polar surface area (TPSA) is 66.8 Å². The summed E-state index contributed by atoms with van der Waals surface area (Å²) >= 11 is 0. The largest absolute Gasteiger partial charge is 0.508 e. The molecule has 0 amide bonds. The van der Waals surface area contributed by atoms with Gasteiger partial charge in [-0.15, -0.1) is 0 Å². The van der Waals surface area contributed by atoms with Crippen LogP contribution in [0.4, 0.5) is 0 Å². The number of ether oxygens (including phenoxy) is 1. The predicted octanol–water partition coefficient (Wildman–Crippen LogP) is 2.59. The van der Waals surface area contributed by atoms with Crippen molar-refractivity contribution in [2.45, 2.75) is 39.2 Å². The van der Waals surface area contributed by atoms with Crippen molar-refractivity contribution >= 4 is 5.97 Å². The second-order valence-electron chi connectivity index (χ2n) is 4.46. The van der Waals surface area contributed by atoms with Gasteiger partial charge in [-0.1, -0.05) is 19.4 Å². The lowest BCUT2D eigenvalue weighted by Gasteiger charge is -2.23.